The van der Waals surface area contributed by atoms with E-state index in [4.69, 9.17) is 9.79 Å². The number of hydrogen-bond acceptors (Lipinski definition) is 3. The van der Waals surface area contributed by atoms with E-state index in [2.05, 4.69) is 29.2 Å². The fourth-order valence-corrected chi connectivity index (χ4v) is 4.34. The molecule has 0 spiro atoms. The molecule has 1 heterocycles. The SMILES string of the molecule is O=P(O)(O)CCCCN1c2ccccc2Sc2ccccc21. The maximum Gasteiger partial charge on any atom is 0.325 e. The lowest BCUT2D eigenvalue weighted by Crippen LogP contribution is -2.22. The lowest BCUT2D eigenvalue weighted by atomic mass is 10.2. The third-order valence-corrected chi connectivity index (χ3v) is 5.64. The van der Waals surface area contributed by atoms with Crippen molar-refractivity contribution in [1.29, 1.82) is 0 Å². The Kier molecular flexibility index (Phi) is 4.59. The summed E-state index contributed by atoms with van der Waals surface area (Å²) in [6.07, 6.45) is 1.23. The first kappa shape index (κ1) is 15.6. The molecule has 3 rings (SSSR count). The van der Waals surface area contributed by atoms with Crippen molar-refractivity contribution in [1.82, 2.24) is 0 Å². The maximum absolute atomic E-state index is 11.0. The zero-order valence-corrected chi connectivity index (χ0v) is 13.8. The normalized spacial score (nSPS) is 13.6. The summed E-state index contributed by atoms with van der Waals surface area (Å²) in [5.74, 6) is 0. The predicted octanol–water partition coefficient (Wildman–Crippen LogP) is 4.25. The standard InChI is InChI=1S/C16H18NO3PS/c18-21(19,20)12-6-5-11-17-13-7-1-3-9-15(13)22-16-10-4-2-8-14(16)17/h1-4,7-10H,5-6,11-12H2,(H2,18,19,20). The Bertz CT molecular complexity index is 671. The van der Waals surface area contributed by atoms with Crippen molar-refractivity contribution in [2.45, 2.75) is 22.6 Å². The van der Waals surface area contributed by atoms with E-state index in [-0.39, 0.29) is 6.16 Å². The van der Waals surface area contributed by atoms with E-state index in [0.29, 0.717) is 6.42 Å². The molecule has 0 unspecified atom stereocenters. The number of rotatable bonds is 5. The topological polar surface area (TPSA) is 60.8 Å². The number of hydrogen-bond donors (Lipinski definition) is 2. The summed E-state index contributed by atoms with van der Waals surface area (Å²) in [6, 6.07) is 16.5. The quantitative estimate of drug-likeness (QED) is 0.632. The van der Waals surface area contributed by atoms with E-state index in [9.17, 15) is 4.57 Å². The van der Waals surface area contributed by atoms with Crippen LogP contribution in [0.4, 0.5) is 11.4 Å². The van der Waals surface area contributed by atoms with Gasteiger partial charge >= 0.3 is 7.60 Å². The summed E-state index contributed by atoms with van der Waals surface area (Å²) >= 11 is 1.76. The number of nitrogens with zero attached hydrogens (tertiary/aromatic N) is 1. The minimum atomic E-state index is -3.89. The number of fused-ring (bicyclic) bond motifs is 2. The second-order valence-corrected chi connectivity index (χ2v) is 8.14. The van der Waals surface area contributed by atoms with Gasteiger partial charge in [-0.3, -0.25) is 4.57 Å². The molecule has 0 fully saturated rings. The molecule has 6 heteroatoms. The number of benzene rings is 2. The monoisotopic (exact) mass is 335 g/mol. The van der Waals surface area contributed by atoms with Crippen LogP contribution in [0.2, 0.25) is 0 Å². The van der Waals surface area contributed by atoms with E-state index in [1.165, 1.54) is 21.2 Å². The van der Waals surface area contributed by atoms with Crippen LogP contribution in [0.25, 0.3) is 0 Å². The molecular formula is C16H18NO3PS. The van der Waals surface area contributed by atoms with Crippen molar-refractivity contribution in [3.8, 4) is 0 Å². The largest absolute Gasteiger partial charge is 0.340 e. The van der Waals surface area contributed by atoms with Crippen molar-refractivity contribution in [3.05, 3.63) is 48.5 Å². The van der Waals surface area contributed by atoms with Gasteiger partial charge in [-0.05, 0) is 37.1 Å². The molecule has 22 heavy (non-hydrogen) atoms. The summed E-state index contributed by atoms with van der Waals surface area (Å²) in [4.78, 5) is 22.6. The third-order valence-electron chi connectivity index (χ3n) is 3.61. The Balaban J connectivity index is 1.79. The zero-order valence-electron chi connectivity index (χ0n) is 12.1. The molecular weight excluding hydrogens is 317 g/mol. The second-order valence-electron chi connectivity index (χ2n) is 5.28. The molecule has 116 valence electrons. The molecule has 0 atom stereocenters. The highest BCUT2D eigenvalue weighted by Crippen LogP contribution is 2.47. The van der Waals surface area contributed by atoms with Crippen molar-refractivity contribution in [3.63, 3.8) is 0 Å². The van der Waals surface area contributed by atoms with Gasteiger partial charge in [-0.1, -0.05) is 36.0 Å². The van der Waals surface area contributed by atoms with Gasteiger partial charge in [0.2, 0.25) is 0 Å². The summed E-state index contributed by atoms with van der Waals surface area (Å²) < 4.78 is 11.0. The van der Waals surface area contributed by atoms with Crippen LogP contribution < -0.4 is 4.90 Å². The molecule has 0 aliphatic carbocycles. The van der Waals surface area contributed by atoms with Crippen LogP contribution in [0.1, 0.15) is 12.8 Å². The van der Waals surface area contributed by atoms with Gasteiger partial charge in [0, 0.05) is 22.5 Å². The summed E-state index contributed by atoms with van der Waals surface area (Å²) in [5, 5.41) is 0. The van der Waals surface area contributed by atoms with E-state index >= 15 is 0 Å². The Morgan fingerprint density at radius 1 is 0.909 bits per heavy atom. The molecule has 0 saturated heterocycles. The zero-order chi connectivity index (χ0) is 15.6. The first-order chi connectivity index (χ1) is 10.5. The Hall–Kier alpha value is -1.26. The molecule has 2 aromatic rings. The minimum Gasteiger partial charge on any atom is -0.340 e. The molecule has 0 saturated carbocycles. The molecule has 4 nitrogen and oxygen atoms in total. The van der Waals surface area contributed by atoms with Crippen LogP contribution in [-0.4, -0.2) is 22.5 Å². The lowest BCUT2D eigenvalue weighted by Gasteiger charge is -2.32. The van der Waals surface area contributed by atoms with Gasteiger partial charge in [0.25, 0.3) is 0 Å². The van der Waals surface area contributed by atoms with Crippen LogP contribution >= 0.6 is 19.4 Å². The highest BCUT2D eigenvalue weighted by molar-refractivity contribution is 7.99. The van der Waals surface area contributed by atoms with E-state index < -0.39 is 7.60 Å². The molecule has 0 radical (unpaired) electrons. The molecule has 2 aromatic carbocycles. The summed E-state index contributed by atoms with van der Waals surface area (Å²) in [7, 11) is -3.89. The Morgan fingerprint density at radius 2 is 1.45 bits per heavy atom. The fraction of sp³-hybridized carbons (Fsp3) is 0.250. The first-order valence-corrected chi connectivity index (χ1v) is 9.84. The minimum absolute atomic E-state index is 0.0428. The average molecular weight is 335 g/mol. The van der Waals surface area contributed by atoms with Crippen LogP contribution in [0.3, 0.4) is 0 Å². The van der Waals surface area contributed by atoms with Crippen molar-refractivity contribution >= 4 is 30.7 Å². The van der Waals surface area contributed by atoms with Gasteiger partial charge in [-0.25, -0.2) is 0 Å². The Morgan fingerprint density at radius 3 is 2.00 bits per heavy atom. The van der Waals surface area contributed by atoms with Crippen molar-refractivity contribution < 1.29 is 14.4 Å². The highest BCUT2D eigenvalue weighted by Gasteiger charge is 2.22. The maximum atomic E-state index is 11.0. The highest BCUT2D eigenvalue weighted by atomic mass is 32.2. The van der Waals surface area contributed by atoms with Gasteiger partial charge < -0.3 is 14.7 Å². The summed E-state index contributed by atoms with van der Waals surface area (Å²) in [5.41, 5.74) is 2.34. The van der Waals surface area contributed by atoms with Crippen LogP contribution in [0.5, 0.6) is 0 Å². The number of anilines is 2. The molecule has 0 aromatic heterocycles. The van der Waals surface area contributed by atoms with E-state index in [0.717, 1.165) is 13.0 Å². The van der Waals surface area contributed by atoms with E-state index in [1.54, 1.807) is 11.8 Å². The smallest absolute Gasteiger partial charge is 0.325 e. The summed E-state index contributed by atoms with van der Waals surface area (Å²) in [6.45, 7) is 0.759. The lowest BCUT2D eigenvalue weighted by molar-refractivity contribution is 0.371. The van der Waals surface area contributed by atoms with Crippen molar-refractivity contribution in [2.75, 3.05) is 17.6 Å². The molecule has 2 N–H and O–H groups in total. The van der Waals surface area contributed by atoms with Gasteiger partial charge in [-0.2, -0.15) is 0 Å². The van der Waals surface area contributed by atoms with E-state index in [1.807, 2.05) is 24.3 Å². The first-order valence-electron chi connectivity index (χ1n) is 7.23. The molecule has 0 amide bonds. The second kappa shape index (κ2) is 6.47. The molecule has 1 aliphatic rings. The van der Waals surface area contributed by atoms with Gasteiger partial charge in [0.05, 0.1) is 11.4 Å². The van der Waals surface area contributed by atoms with Gasteiger partial charge in [0.15, 0.2) is 0 Å². The average Bonchev–Trinajstić information content (AvgIpc) is 2.49. The van der Waals surface area contributed by atoms with Gasteiger partial charge in [0.1, 0.15) is 0 Å². The van der Waals surface area contributed by atoms with Crippen LogP contribution in [-0.2, 0) is 4.57 Å². The fourth-order valence-electron chi connectivity index (χ4n) is 2.61. The van der Waals surface area contributed by atoms with Crippen LogP contribution in [0.15, 0.2) is 58.3 Å². The van der Waals surface area contributed by atoms with Gasteiger partial charge in [-0.15, -0.1) is 0 Å². The number of para-hydroxylation sites is 2. The van der Waals surface area contributed by atoms with Crippen molar-refractivity contribution in [2.24, 2.45) is 0 Å². The Labute approximate surface area is 134 Å². The molecule has 1 aliphatic heterocycles. The molecule has 0 bridgehead atoms. The number of unbranched alkanes of at least 4 members (excludes halogenated alkanes) is 1. The van der Waals surface area contributed by atoms with Crippen LogP contribution in [0, 0.1) is 0 Å². The predicted molar refractivity (Wildman–Crippen MR) is 90.2 cm³/mol. The third kappa shape index (κ3) is 3.55.